The summed E-state index contributed by atoms with van der Waals surface area (Å²) in [6.07, 6.45) is 1.04. The zero-order valence-electron chi connectivity index (χ0n) is 12.3. The van der Waals surface area contributed by atoms with Gasteiger partial charge < -0.3 is 10.1 Å². The number of benzene rings is 1. The molecule has 0 aromatic heterocycles. The van der Waals surface area contributed by atoms with Crippen LogP contribution in [0.4, 0.5) is 4.79 Å². The third-order valence-corrected chi connectivity index (χ3v) is 4.22. The van der Waals surface area contributed by atoms with Crippen LogP contribution >= 0.6 is 0 Å². The summed E-state index contributed by atoms with van der Waals surface area (Å²) in [4.78, 5) is 34.9. The van der Waals surface area contributed by atoms with Crippen LogP contribution in [0.25, 0.3) is 0 Å². The van der Waals surface area contributed by atoms with Crippen molar-refractivity contribution in [2.45, 2.75) is 37.8 Å². The standard InChI is InChI=1S/C16H18N2O4/c1-10(7-11-5-3-2-4-6-11)22-13(19)12-8-16(9-12)14(20)17-15(21)18-16/h2-6,10,12H,7-9H2,1H3,(H2,17,18,20,21)/t10-,12?,16?/m1/s1. The Morgan fingerprint density at radius 2 is 2.00 bits per heavy atom. The molecule has 1 spiro atoms. The van der Waals surface area contributed by atoms with Crippen molar-refractivity contribution in [3.8, 4) is 0 Å². The number of carbonyl (C=O) groups is 3. The smallest absolute Gasteiger partial charge is 0.322 e. The maximum atomic E-state index is 12.1. The second kappa shape index (κ2) is 5.44. The molecule has 0 unspecified atom stereocenters. The summed E-state index contributed by atoms with van der Waals surface area (Å²) in [6, 6.07) is 9.31. The Labute approximate surface area is 128 Å². The Bertz CT molecular complexity index is 608. The monoisotopic (exact) mass is 302 g/mol. The zero-order chi connectivity index (χ0) is 15.7. The van der Waals surface area contributed by atoms with Gasteiger partial charge in [-0.05, 0) is 25.3 Å². The van der Waals surface area contributed by atoms with Crippen LogP contribution in [-0.4, -0.2) is 29.6 Å². The maximum absolute atomic E-state index is 12.1. The van der Waals surface area contributed by atoms with E-state index in [0.717, 1.165) is 5.56 Å². The molecule has 2 N–H and O–H groups in total. The second-order valence-electron chi connectivity index (χ2n) is 6.03. The first-order chi connectivity index (χ1) is 10.5. The van der Waals surface area contributed by atoms with Crippen LogP contribution < -0.4 is 10.6 Å². The lowest BCUT2D eigenvalue weighted by molar-refractivity contribution is -0.160. The lowest BCUT2D eigenvalue weighted by Crippen LogP contribution is -2.59. The van der Waals surface area contributed by atoms with Gasteiger partial charge in [0.25, 0.3) is 5.91 Å². The summed E-state index contributed by atoms with van der Waals surface area (Å²) >= 11 is 0. The molecule has 1 aliphatic heterocycles. The highest BCUT2D eigenvalue weighted by atomic mass is 16.5. The number of nitrogens with one attached hydrogen (secondary N) is 2. The number of hydrogen-bond donors (Lipinski definition) is 2. The molecule has 22 heavy (non-hydrogen) atoms. The van der Waals surface area contributed by atoms with Gasteiger partial charge in [0, 0.05) is 6.42 Å². The summed E-state index contributed by atoms with van der Waals surface area (Å²) in [5.74, 6) is -0.982. The van der Waals surface area contributed by atoms with Crippen LogP contribution in [0.3, 0.4) is 0 Å². The molecule has 0 bridgehead atoms. The predicted molar refractivity (Wildman–Crippen MR) is 77.8 cm³/mol. The van der Waals surface area contributed by atoms with Crippen molar-refractivity contribution in [1.82, 2.24) is 10.6 Å². The molecule has 1 saturated carbocycles. The number of rotatable bonds is 4. The normalized spacial score (nSPS) is 27.8. The van der Waals surface area contributed by atoms with Gasteiger partial charge in [-0.1, -0.05) is 30.3 Å². The Hall–Kier alpha value is -2.37. The quantitative estimate of drug-likeness (QED) is 0.645. The van der Waals surface area contributed by atoms with Gasteiger partial charge in [0.1, 0.15) is 11.6 Å². The van der Waals surface area contributed by atoms with Crippen LogP contribution in [0.1, 0.15) is 25.3 Å². The molecule has 116 valence electrons. The number of urea groups is 1. The maximum Gasteiger partial charge on any atom is 0.322 e. The lowest BCUT2D eigenvalue weighted by atomic mass is 9.68. The molecule has 1 atom stereocenters. The minimum absolute atomic E-state index is 0.224. The first kappa shape index (κ1) is 14.6. The molecule has 1 aliphatic carbocycles. The average Bonchev–Trinajstić information content (AvgIpc) is 2.72. The molecule has 6 nitrogen and oxygen atoms in total. The molecule has 3 rings (SSSR count). The third kappa shape index (κ3) is 2.68. The van der Waals surface area contributed by atoms with Crippen LogP contribution in [0.5, 0.6) is 0 Å². The molecular formula is C16H18N2O4. The molecule has 6 heteroatoms. The van der Waals surface area contributed by atoms with Gasteiger partial charge in [0.05, 0.1) is 5.92 Å². The van der Waals surface area contributed by atoms with E-state index in [1.54, 1.807) is 0 Å². The fourth-order valence-electron chi connectivity index (χ4n) is 3.05. The van der Waals surface area contributed by atoms with Gasteiger partial charge in [-0.3, -0.25) is 14.9 Å². The van der Waals surface area contributed by atoms with Gasteiger partial charge in [-0.25, -0.2) is 4.79 Å². The van der Waals surface area contributed by atoms with E-state index < -0.39 is 11.6 Å². The molecule has 1 aromatic rings. The highest BCUT2D eigenvalue weighted by Crippen LogP contribution is 2.40. The van der Waals surface area contributed by atoms with E-state index in [0.29, 0.717) is 19.3 Å². The van der Waals surface area contributed by atoms with Gasteiger partial charge in [0.2, 0.25) is 0 Å². The minimum atomic E-state index is -0.899. The van der Waals surface area contributed by atoms with Crippen LogP contribution in [-0.2, 0) is 20.7 Å². The number of esters is 1. The summed E-state index contributed by atoms with van der Waals surface area (Å²) in [7, 11) is 0. The first-order valence-electron chi connectivity index (χ1n) is 7.36. The number of hydrogen-bond acceptors (Lipinski definition) is 4. The number of imide groups is 1. The average molecular weight is 302 g/mol. The third-order valence-electron chi connectivity index (χ3n) is 4.22. The van der Waals surface area contributed by atoms with Gasteiger partial charge in [-0.2, -0.15) is 0 Å². The number of ether oxygens (including phenoxy) is 1. The molecule has 0 radical (unpaired) electrons. The van der Waals surface area contributed by atoms with Crippen molar-refractivity contribution >= 4 is 17.9 Å². The van der Waals surface area contributed by atoms with E-state index in [9.17, 15) is 14.4 Å². The van der Waals surface area contributed by atoms with Crippen LogP contribution in [0.2, 0.25) is 0 Å². The summed E-state index contributed by atoms with van der Waals surface area (Å²) in [6.45, 7) is 1.85. The SMILES string of the molecule is C[C@H](Cc1ccccc1)OC(=O)C1CC2(C1)NC(=O)NC2=O. The molecule has 1 heterocycles. The van der Waals surface area contributed by atoms with Gasteiger partial charge >= 0.3 is 12.0 Å². The topological polar surface area (TPSA) is 84.5 Å². The largest absolute Gasteiger partial charge is 0.462 e. The highest BCUT2D eigenvalue weighted by Gasteiger charge is 2.57. The summed E-state index contributed by atoms with van der Waals surface area (Å²) in [5, 5.41) is 4.79. The van der Waals surface area contributed by atoms with E-state index in [4.69, 9.17) is 4.74 Å². The Balaban J connectivity index is 1.50. The van der Waals surface area contributed by atoms with E-state index in [-0.39, 0.29) is 23.9 Å². The summed E-state index contributed by atoms with van der Waals surface area (Å²) < 4.78 is 5.44. The molecule has 1 aromatic carbocycles. The number of amides is 3. The zero-order valence-corrected chi connectivity index (χ0v) is 12.3. The van der Waals surface area contributed by atoms with Gasteiger partial charge in [0.15, 0.2) is 0 Å². The molecule has 1 saturated heterocycles. The van der Waals surface area contributed by atoms with E-state index >= 15 is 0 Å². The van der Waals surface area contributed by atoms with Crippen molar-refractivity contribution < 1.29 is 19.1 Å². The van der Waals surface area contributed by atoms with E-state index in [1.165, 1.54) is 0 Å². The molecule has 2 aliphatic rings. The van der Waals surface area contributed by atoms with Crippen molar-refractivity contribution in [2.24, 2.45) is 5.92 Å². The fraction of sp³-hybridized carbons (Fsp3) is 0.438. The van der Waals surface area contributed by atoms with E-state index in [1.807, 2.05) is 37.3 Å². The molecule has 3 amide bonds. The van der Waals surface area contributed by atoms with Crippen molar-refractivity contribution in [3.05, 3.63) is 35.9 Å². The first-order valence-corrected chi connectivity index (χ1v) is 7.36. The molecule has 2 fully saturated rings. The fourth-order valence-corrected chi connectivity index (χ4v) is 3.05. The Morgan fingerprint density at radius 3 is 2.59 bits per heavy atom. The molecular weight excluding hydrogens is 284 g/mol. The van der Waals surface area contributed by atoms with Crippen molar-refractivity contribution in [1.29, 1.82) is 0 Å². The lowest BCUT2D eigenvalue weighted by Gasteiger charge is -2.40. The highest BCUT2D eigenvalue weighted by molar-refractivity contribution is 6.08. The predicted octanol–water partition coefficient (Wildman–Crippen LogP) is 1.15. The van der Waals surface area contributed by atoms with E-state index in [2.05, 4.69) is 10.6 Å². The van der Waals surface area contributed by atoms with Crippen molar-refractivity contribution in [2.75, 3.05) is 0 Å². The van der Waals surface area contributed by atoms with Crippen LogP contribution in [0.15, 0.2) is 30.3 Å². The minimum Gasteiger partial charge on any atom is -0.462 e. The Kier molecular flexibility index (Phi) is 3.60. The Morgan fingerprint density at radius 1 is 1.32 bits per heavy atom. The second-order valence-corrected chi connectivity index (χ2v) is 6.03. The number of carbonyl (C=O) groups excluding carboxylic acids is 3. The van der Waals surface area contributed by atoms with Crippen LogP contribution in [0, 0.1) is 5.92 Å². The van der Waals surface area contributed by atoms with Gasteiger partial charge in [-0.15, -0.1) is 0 Å². The van der Waals surface area contributed by atoms with Crippen molar-refractivity contribution in [3.63, 3.8) is 0 Å². The summed E-state index contributed by atoms with van der Waals surface area (Å²) in [5.41, 5.74) is 0.207.